The lowest BCUT2D eigenvalue weighted by Gasteiger charge is -2.11. The maximum atomic E-state index is 5.79. The monoisotopic (exact) mass is 346 g/mol. The van der Waals surface area contributed by atoms with Gasteiger partial charge in [-0.1, -0.05) is 29.8 Å². The molecule has 0 unspecified atom stereocenters. The molecule has 5 nitrogen and oxygen atoms in total. The Balaban J connectivity index is 1.85. The van der Waals surface area contributed by atoms with Crippen LogP contribution in [0.4, 0.5) is 0 Å². The first-order valence-corrected chi connectivity index (χ1v) is 8.34. The predicted octanol–water partition coefficient (Wildman–Crippen LogP) is 3.04. The standard InChI is InChI=1S/C18H23ClN4O/c1-3-20-18(23-13-15-6-9-17(19)22-12-15)21-11-10-14-4-7-16(24-2)8-5-14/h4-9,12H,3,10-11,13H2,1-2H3,(H2,20,21,23). The third-order valence-electron chi connectivity index (χ3n) is 3.42. The Labute approximate surface area is 148 Å². The molecule has 0 saturated heterocycles. The maximum Gasteiger partial charge on any atom is 0.191 e. The molecular formula is C18H23ClN4O. The molecule has 0 aliphatic carbocycles. The number of nitrogens with one attached hydrogen (secondary N) is 2. The van der Waals surface area contributed by atoms with Crippen LogP contribution >= 0.6 is 11.6 Å². The lowest BCUT2D eigenvalue weighted by Crippen LogP contribution is -2.38. The highest BCUT2D eigenvalue weighted by atomic mass is 35.5. The van der Waals surface area contributed by atoms with E-state index in [-0.39, 0.29) is 0 Å². The zero-order chi connectivity index (χ0) is 17.2. The van der Waals surface area contributed by atoms with Crippen molar-refractivity contribution in [3.8, 4) is 5.75 Å². The van der Waals surface area contributed by atoms with Gasteiger partial charge in [-0.2, -0.15) is 0 Å². The Kier molecular flexibility index (Phi) is 7.36. The minimum absolute atomic E-state index is 0.493. The van der Waals surface area contributed by atoms with Gasteiger partial charge in [-0.25, -0.2) is 9.98 Å². The fourth-order valence-corrected chi connectivity index (χ4v) is 2.24. The Bertz CT molecular complexity index is 641. The molecule has 0 atom stereocenters. The Morgan fingerprint density at radius 1 is 1.12 bits per heavy atom. The van der Waals surface area contributed by atoms with E-state index in [1.807, 2.05) is 25.1 Å². The molecule has 2 rings (SSSR count). The molecule has 128 valence electrons. The third-order valence-corrected chi connectivity index (χ3v) is 3.64. The maximum absolute atomic E-state index is 5.79. The van der Waals surface area contributed by atoms with Gasteiger partial charge in [0.05, 0.1) is 13.7 Å². The Hall–Kier alpha value is -2.27. The second kappa shape index (κ2) is 9.78. The first-order chi connectivity index (χ1) is 11.7. The van der Waals surface area contributed by atoms with Crippen molar-refractivity contribution < 1.29 is 4.74 Å². The summed E-state index contributed by atoms with van der Waals surface area (Å²) < 4.78 is 5.17. The summed E-state index contributed by atoms with van der Waals surface area (Å²) in [5.41, 5.74) is 2.27. The number of aliphatic imine (C=N–C) groups is 1. The van der Waals surface area contributed by atoms with Crippen LogP contribution in [0.3, 0.4) is 0 Å². The summed E-state index contributed by atoms with van der Waals surface area (Å²) in [5.74, 6) is 1.67. The van der Waals surface area contributed by atoms with E-state index in [9.17, 15) is 0 Å². The van der Waals surface area contributed by atoms with Crippen LogP contribution < -0.4 is 15.4 Å². The number of guanidine groups is 1. The van der Waals surface area contributed by atoms with Crippen molar-refractivity contribution in [3.05, 3.63) is 58.9 Å². The molecule has 0 saturated carbocycles. The minimum atomic E-state index is 0.493. The molecule has 0 radical (unpaired) electrons. The van der Waals surface area contributed by atoms with Crippen molar-refractivity contribution in [2.75, 3.05) is 20.2 Å². The third kappa shape index (κ3) is 6.08. The zero-order valence-electron chi connectivity index (χ0n) is 14.1. The number of rotatable bonds is 7. The number of hydrogen-bond donors (Lipinski definition) is 2. The zero-order valence-corrected chi connectivity index (χ0v) is 14.8. The van der Waals surface area contributed by atoms with Crippen molar-refractivity contribution >= 4 is 17.6 Å². The van der Waals surface area contributed by atoms with E-state index < -0.39 is 0 Å². The van der Waals surface area contributed by atoms with Crippen LogP contribution in [0.2, 0.25) is 5.15 Å². The topological polar surface area (TPSA) is 58.5 Å². The van der Waals surface area contributed by atoms with Crippen molar-refractivity contribution in [1.82, 2.24) is 15.6 Å². The minimum Gasteiger partial charge on any atom is -0.497 e. The summed E-state index contributed by atoms with van der Waals surface area (Å²) in [5, 5.41) is 7.07. The molecule has 0 spiro atoms. The van der Waals surface area contributed by atoms with Crippen molar-refractivity contribution in [2.24, 2.45) is 4.99 Å². The van der Waals surface area contributed by atoms with Gasteiger partial charge in [0.2, 0.25) is 0 Å². The fraction of sp³-hybridized carbons (Fsp3) is 0.333. The second-order valence-corrected chi connectivity index (χ2v) is 5.60. The number of ether oxygens (including phenoxy) is 1. The van der Waals surface area contributed by atoms with E-state index in [1.165, 1.54) is 5.56 Å². The Morgan fingerprint density at radius 3 is 2.50 bits per heavy atom. The number of benzene rings is 1. The number of nitrogens with zero attached hydrogens (tertiary/aromatic N) is 2. The second-order valence-electron chi connectivity index (χ2n) is 5.21. The van der Waals surface area contributed by atoms with E-state index in [2.05, 4.69) is 32.7 Å². The molecule has 1 heterocycles. The lowest BCUT2D eigenvalue weighted by molar-refractivity contribution is 0.414. The molecule has 0 bridgehead atoms. The van der Waals surface area contributed by atoms with Crippen LogP contribution in [-0.4, -0.2) is 31.1 Å². The van der Waals surface area contributed by atoms with E-state index in [0.29, 0.717) is 11.7 Å². The van der Waals surface area contributed by atoms with Crippen molar-refractivity contribution in [3.63, 3.8) is 0 Å². The van der Waals surface area contributed by atoms with E-state index in [0.717, 1.165) is 36.8 Å². The molecule has 0 aliphatic rings. The van der Waals surface area contributed by atoms with Gasteiger partial charge in [0.15, 0.2) is 5.96 Å². The van der Waals surface area contributed by atoms with Gasteiger partial charge >= 0.3 is 0 Å². The summed E-state index contributed by atoms with van der Waals surface area (Å²) in [6, 6.07) is 11.8. The normalized spacial score (nSPS) is 11.2. The van der Waals surface area contributed by atoms with Gasteiger partial charge in [0.1, 0.15) is 10.9 Å². The van der Waals surface area contributed by atoms with Crippen LogP contribution in [0.1, 0.15) is 18.1 Å². The van der Waals surface area contributed by atoms with E-state index in [1.54, 1.807) is 19.4 Å². The number of methoxy groups -OCH3 is 1. The number of hydrogen-bond acceptors (Lipinski definition) is 3. The molecule has 24 heavy (non-hydrogen) atoms. The molecule has 0 fully saturated rings. The predicted molar refractivity (Wildman–Crippen MR) is 98.8 cm³/mol. The van der Waals surface area contributed by atoms with Crippen LogP contribution in [-0.2, 0) is 13.0 Å². The van der Waals surface area contributed by atoms with Gasteiger partial charge in [0.25, 0.3) is 0 Å². The molecule has 2 aromatic rings. The van der Waals surface area contributed by atoms with Gasteiger partial charge in [-0.05, 0) is 42.7 Å². The summed E-state index contributed by atoms with van der Waals surface area (Å²) in [7, 11) is 1.67. The lowest BCUT2D eigenvalue weighted by atomic mass is 10.1. The van der Waals surface area contributed by atoms with Gasteiger partial charge in [0, 0.05) is 19.3 Å². The quantitative estimate of drug-likeness (QED) is 0.459. The van der Waals surface area contributed by atoms with Gasteiger partial charge < -0.3 is 15.4 Å². The Morgan fingerprint density at radius 2 is 1.88 bits per heavy atom. The number of halogens is 1. The first kappa shape index (κ1) is 18.1. The molecule has 1 aromatic heterocycles. The molecular weight excluding hydrogens is 324 g/mol. The smallest absolute Gasteiger partial charge is 0.191 e. The average molecular weight is 347 g/mol. The first-order valence-electron chi connectivity index (χ1n) is 7.97. The molecule has 0 aliphatic heterocycles. The van der Waals surface area contributed by atoms with Crippen LogP contribution in [0.5, 0.6) is 5.75 Å². The molecule has 1 aromatic carbocycles. The van der Waals surface area contributed by atoms with Gasteiger partial charge in [-0.3, -0.25) is 0 Å². The van der Waals surface area contributed by atoms with E-state index in [4.69, 9.17) is 16.3 Å². The van der Waals surface area contributed by atoms with E-state index >= 15 is 0 Å². The van der Waals surface area contributed by atoms with Crippen LogP contribution in [0.15, 0.2) is 47.6 Å². The number of pyridine rings is 1. The summed E-state index contributed by atoms with van der Waals surface area (Å²) in [4.78, 5) is 8.63. The van der Waals surface area contributed by atoms with Crippen molar-refractivity contribution in [1.29, 1.82) is 0 Å². The van der Waals surface area contributed by atoms with Crippen LogP contribution in [0, 0.1) is 0 Å². The summed E-state index contributed by atoms with van der Waals surface area (Å²) in [6.07, 6.45) is 2.66. The van der Waals surface area contributed by atoms with Crippen LogP contribution in [0.25, 0.3) is 0 Å². The molecule has 0 amide bonds. The molecule has 6 heteroatoms. The highest BCUT2D eigenvalue weighted by Crippen LogP contribution is 2.11. The van der Waals surface area contributed by atoms with Gasteiger partial charge in [-0.15, -0.1) is 0 Å². The fourth-order valence-electron chi connectivity index (χ4n) is 2.13. The van der Waals surface area contributed by atoms with Crippen molar-refractivity contribution in [2.45, 2.75) is 19.9 Å². The number of aromatic nitrogens is 1. The average Bonchev–Trinajstić information content (AvgIpc) is 2.61. The molecule has 2 N–H and O–H groups in total. The largest absolute Gasteiger partial charge is 0.497 e. The highest BCUT2D eigenvalue weighted by molar-refractivity contribution is 6.29. The summed E-state index contributed by atoms with van der Waals surface area (Å²) >= 11 is 5.79. The SMILES string of the molecule is CCNC(=NCc1ccc(Cl)nc1)NCCc1ccc(OC)cc1. The highest BCUT2D eigenvalue weighted by Gasteiger charge is 1.99. The summed E-state index contributed by atoms with van der Waals surface area (Å²) in [6.45, 7) is 4.22.